The molecule has 0 aliphatic heterocycles. The zero-order chi connectivity index (χ0) is 14.8. The third kappa shape index (κ3) is 2.50. The first kappa shape index (κ1) is 13.3. The van der Waals surface area contributed by atoms with E-state index >= 15 is 0 Å². The first-order valence-electron chi connectivity index (χ1n) is 6.22. The highest BCUT2D eigenvalue weighted by molar-refractivity contribution is 7.14. The summed E-state index contributed by atoms with van der Waals surface area (Å²) < 4.78 is 0. The van der Waals surface area contributed by atoms with Crippen molar-refractivity contribution in [2.24, 2.45) is 0 Å². The number of benzene rings is 1. The van der Waals surface area contributed by atoms with E-state index in [9.17, 15) is 9.59 Å². The molecule has 0 atom stereocenters. The Morgan fingerprint density at radius 2 is 2.24 bits per heavy atom. The van der Waals surface area contributed by atoms with Gasteiger partial charge in [0.15, 0.2) is 0 Å². The van der Waals surface area contributed by atoms with Gasteiger partial charge in [-0.2, -0.15) is 0 Å². The Morgan fingerprint density at radius 1 is 1.38 bits per heavy atom. The fourth-order valence-electron chi connectivity index (χ4n) is 2.07. The summed E-state index contributed by atoms with van der Waals surface area (Å²) in [5.41, 5.74) is 2.74. The van der Waals surface area contributed by atoms with E-state index in [0.717, 1.165) is 11.1 Å². The number of aromatic amines is 1. The van der Waals surface area contributed by atoms with Gasteiger partial charge in [-0.3, -0.25) is 14.6 Å². The number of nitrogens with zero attached hydrogens (tertiary/aromatic N) is 1. The molecule has 3 aromatic rings. The number of pyridine rings is 1. The molecule has 21 heavy (non-hydrogen) atoms. The number of anilines is 2. The average Bonchev–Trinajstić information content (AvgIpc) is 2.98. The highest BCUT2D eigenvalue weighted by atomic mass is 32.1. The molecule has 0 unspecified atom stereocenters. The van der Waals surface area contributed by atoms with Gasteiger partial charge in [-0.1, -0.05) is 12.1 Å². The molecule has 0 aliphatic rings. The van der Waals surface area contributed by atoms with Crippen LogP contribution < -0.4 is 16.2 Å². The number of amides is 1. The maximum Gasteiger partial charge on any atom is 0.261 e. The molecule has 1 aromatic carbocycles. The van der Waals surface area contributed by atoms with Crippen molar-refractivity contribution in [1.82, 2.24) is 9.97 Å². The molecule has 7 heteroatoms. The van der Waals surface area contributed by atoms with Gasteiger partial charge in [0, 0.05) is 12.4 Å². The third-order valence-corrected chi connectivity index (χ3v) is 3.75. The van der Waals surface area contributed by atoms with E-state index in [1.807, 2.05) is 18.2 Å². The van der Waals surface area contributed by atoms with Gasteiger partial charge in [-0.05, 0) is 12.1 Å². The summed E-state index contributed by atoms with van der Waals surface area (Å²) in [4.78, 5) is 30.9. The van der Waals surface area contributed by atoms with Crippen molar-refractivity contribution in [1.29, 1.82) is 0 Å². The maximum atomic E-state index is 12.2. The van der Waals surface area contributed by atoms with Crippen LogP contribution in [-0.2, 0) is 0 Å². The number of thiazole rings is 1. The molecule has 3 rings (SSSR count). The molecule has 6 nitrogen and oxygen atoms in total. The van der Waals surface area contributed by atoms with Gasteiger partial charge in [-0.15, -0.1) is 11.3 Å². The predicted octanol–water partition coefficient (Wildman–Crippen LogP) is 2.28. The molecule has 106 valence electrons. The summed E-state index contributed by atoms with van der Waals surface area (Å²) in [6.07, 6.45) is 1.54. The fourth-order valence-corrected chi connectivity index (χ4v) is 2.57. The van der Waals surface area contributed by atoms with Crippen LogP contribution in [0.1, 0.15) is 10.4 Å². The summed E-state index contributed by atoms with van der Waals surface area (Å²) in [5, 5.41) is 7.05. The second kappa shape index (κ2) is 5.37. The second-order valence-electron chi connectivity index (χ2n) is 4.35. The summed E-state index contributed by atoms with van der Waals surface area (Å²) >= 11 is 1.30. The Hall–Kier alpha value is -2.67. The van der Waals surface area contributed by atoms with Crippen LogP contribution >= 0.6 is 11.3 Å². The van der Waals surface area contributed by atoms with E-state index in [-0.39, 0.29) is 5.56 Å². The Bertz CT molecular complexity index is 855. The number of hydrogen-bond acceptors (Lipinski definition) is 5. The lowest BCUT2D eigenvalue weighted by Gasteiger charge is -2.07. The minimum Gasteiger partial charge on any atom is -0.386 e. The Kier molecular flexibility index (Phi) is 3.41. The zero-order valence-electron chi connectivity index (χ0n) is 11.1. The normalized spacial score (nSPS) is 10.5. The molecule has 0 aliphatic carbocycles. The number of carbonyl (C=O) groups is 1. The van der Waals surface area contributed by atoms with Crippen LogP contribution in [-0.4, -0.2) is 22.9 Å². The molecule has 0 fully saturated rings. The maximum absolute atomic E-state index is 12.2. The lowest BCUT2D eigenvalue weighted by Crippen LogP contribution is -2.22. The van der Waals surface area contributed by atoms with Crippen LogP contribution in [0.4, 0.5) is 10.7 Å². The number of para-hydroxylation sites is 1. The van der Waals surface area contributed by atoms with Gasteiger partial charge in [0.2, 0.25) is 0 Å². The predicted molar refractivity (Wildman–Crippen MR) is 84.2 cm³/mol. The third-order valence-electron chi connectivity index (χ3n) is 3.06. The van der Waals surface area contributed by atoms with Crippen LogP contribution in [0, 0.1) is 0 Å². The van der Waals surface area contributed by atoms with E-state index in [1.54, 1.807) is 18.6 Å². The Morgan fingerprint density at radius 3 is 2.95 bits per heavy atom. The molecule has 0 bridgehead atoms. The Labute approximate surface area is 123 Å². The molecule has 0 radical (unpaired) electrons. The monoisotopic (exact) mass is 300 g/mol. The van der Waals surface area contributed by atoms with Crippen LogP contribution in [0.3, 0.4) is 0 Å². The standard InChI is InChI=1S/C14H12N4O2S/c1-15-10-4-2-3-8-5-9(14(20)18-12(8)10)13(19)17-11-6-16-7-21-11/h2-7,15H,1H3,(H,17,19)(H,18,20). The first-order chi connectivity index (χ1) is 10.2. The number of H-pyrrole nitrogens is 1. The summed E-state index contributed by atoms with van der Waals surface area (Å²) in [5.74, 6) is -0.447. The van der Waals surface area contributed by atoms with Gasteiger partial charge in [0.1, 0.15) is 10.6 Å². The van der Waals surface area contributed by atoms with Gasteiger partial charge in [-0.25, -0.2) is 0 Å². The van der Waals surface area contributed by atoms with Gasteiger partial charge >= 0.3 is 0 Å². The second-order valence-corrected chi connectivity index (χ2v) is 5.24. The van der Waals surface area contributed by atoms with E-state index in [0.29, 0.717) is 10.5 Å². The molecular formula is C14H12N4O2S. The van der Waals surface area contributed by atoms with Crippen molar-refractivity contribution >= 4 is 38.8 Å². The van der Waals surface area contributed by atoms with Crippen molar-refractivity contribution in [3.63, 3.8) is 0 Å². The largest absolute Gasteiger partial charge is 0.386 e. The van der Waals surface area contributed by atoms with E-state index in [4.69, 9.17) is 0 Å². The van der Waals surface area contributed by atoms with Gasteiger partial charge < -0.3 is 15.6 Å². The number of fused-ring (bicyclic) bond motifs is 1. The molecule has 0 saturated heterocycles. The average molecular weight is 300 g/mol. The molecule has 1 amide bonds. The van der Waals surface area contributed by atoms with Crippen LogP contribution in [0.25, 0.3) is 10.9 Å². The number of hydrogen-bond donors (Lipinski definition) is 3. The highest BCUT2D eigenvalue weighted by Crippen LogP contribution is 2.20. The summed E-state index contributed by atoms with van der Waals surface area (Å²) in [7, 11) is 1.78. The molecule has 0 spiro atoms. The van der Waals surface area contributed by atoms with Crippen LogP contribution in [0.5, 0.6) is 0 Å². The first-order valence-corrected chi connectivity index (χ1v) is 7.10. The number of carbonyl (C=O) groups excluding carboxylic acids is 1. The molecule has 2 heterocycles. The van der Waals surface area contributed by atoms with Crippen molar-refractivity contribution in [3.05, 3.63) is 51.9 Å². The summed E-state index contributed by atoms with van der Waals surface area (Å²) in [6.45, 7) is 0. The lowest BCUT2D eigenvalue weighted by molar-refractivity contribution is 0.102. The molecule has 3 N–H and O–H groups in total. The molecule has 2 aromatic heterocycles. The lowest BCUT2D eigenvalue weighted by atomic mass is 10.1. The van der Waals surface area contributed by atoms with E-state index in [1.165, 1.54) is 17.5 Å². The highest BCUT2D eigenvalue weighted by Gasteiger charge is 2.13. The van der Waals surface area contributed by atoms with Gasteiger partial charge in [0.25, 0.3) is 11.5 Å². The Balaban J connectivity index is 2.05. The minimum absolute atomic E-state index is 0.0733. The van der Waals surface area contributed by atoms with Crippen molar-refractivity contribution < 1.29 is 4.79 Å². The van der Waals surface area contributed by atoms with Crippen molar-refractivity contribution in [3.8, 4) is 0 Å². The smallest absolute Gasteiger partial charge is 0.261 e. The van der Waals surface area contributed by atoms with Crippen molar-refractivity contribution in [2.45, 2.75) is 0 Å². The number of nitrogens with one attached hydrogen (secondary N) is 3. The van der Waals surface area contributed by atoms with Crippen LogP contribution in [0.15, 0.2) is 40.8 Å². The SMILES string of the molecule is CNc1cccc2cc(C(=O)Nc3cncs3)c(=O)[nH]c12. The van der Waals surface area contributed by atoms with E-state index < -0.39 is 11.5 Å². The fraction of sp³-hybridized carbons (Fsp3) is 0.0714. The number of rotatable bonds is 3. The minimum atomic E-state index is -0.447. The number of aromatic nitrogens is 2. The molecule has 0 saturated carbocycles. The quantitative estimate of drug-likeness (QED) is 0.692. The topological polar surface area (TPSA) is 86.9 Å². The van der Waals surface area contributed by atoms with Crippen molar-refractivity contribution in [2.75, 3.05) is 17.7 Å². The molecular weight excluding hydrogens is 288 g/mol. The van der Waals surface area contributed by atoms with Gasteiger partial charge in [0.05, 0.1) is 22.9 Å². The van der Waals surface area contributed by atoms with Crippen LogP contribution in [0.2, 0.25) is 0 Å². The zero-order valence-corrected chi connectivity index (χ0v) is 12.0. The van der Waals surface area contributed by atoms with E-state index in [2.05, 4.69) is 20.6 Å². The summed E-state index contributed by atoms with van der Waals surface area (Å²) in [6, 6.07) is 7.15.